The molecule has 0 aromatic heterocycles. The van der Waals surface area contributed by atoms with Gasteiger partial charge in [-0.3, -0.25) is 4.79 Å². The van der Waals surface area contributed by atoms with Crippen molar-refractivity contribution in [1.29, 1.82) is 5.26 Å². The van der Waals surface area contributed by atoms with Gasteiger partial charge in [-0.15, -0.1) is 0 Å². The number of sulfonamides is 1. The van der Waals surface area contributed by atoms with Crippen LogP contribution < -0.4 is 15.2 Å². The second-order valence-corrected chi connectivity index (χ2v) is 8.57. The van der Waals surface area contributed by atoms with Crippen molar-refractivity contribution in [2.75, 3.05) is 11.9 Å². The number of benzene rings is 3. The van der Waals surface area contributed by atoms with Crippen LogP contribution in [0.4, 0.5) is 5.69 Å². The Balaban J connectivity index is 1.65. The second-order valence-electron chi connectivity index (χ2n) is 7.01. The summed E-state index contributed by atoms with van der Waals surface area (Å²) in [5, 5.41) is 16.7. The number of aryl methyl sites for hydroxylation is 1. The van der Waals surface area contributed by atoms with Crippen molar-refractivity contribution in [3.8, 4) is 22.9 Å². The molecule has 0 spiro atoms. The topological polar surface area (TPSA) is 122 Å². The molecule has 0 saturated carbocycles. The number of amides is 1. The molecule has 1 amide bonds. The zero-order valence-electron chi connectivity index (χ0n) is 17.0. The van der Waals surface area contributed by atoms with Gasteiger partial charge in [-0.2, -0.15) is 5.26 Å². The summed E-state index contributed by atoms with van der Waals surface area (Å²) in [7, 11) is -3.89. The van der Waals surface area contributed by atoms with Gasteiger partial charge >= 0.3 is 0 Å². The van der Waals surface area contributed by atoms with E-state index in [1.54, 1.807) is 38.1 Å². The Bertz CT molecular complexity index is 1260. The number of rotatable bonds is 6. The predicted octanol–water partition coefficient (Wildman–Crippen LogP) is 3.51. The van der Waals surface area contributed by atoms with E-state index in [1.807, 2.05) is 24.3 Å². The summed E-state index contributed by atoms with van der Waals surface area (Å²) < 4.78 is 28.8. The van der Waals surface area contributed by atoms with Crippen LogP contribution in [0.25, 0.3) is 11.1 Å². The number of primary sulfonamides is 1. The Kier molecular flexibility index (Phi) is 6.39. The standard InChI is InChI=1S/C23H21N3O4S/c1-15-11-21(31(25,28)29)12-22(16(15)2)26-23(27)14-30-20-9-7-19(8-10-20)18-5-3-17(13-24)4-6-18/h3-12H,14H2,1-2H3,(H,26,27)(H2,25,28,29). The first kappa shape index (κ1) is 22.0. The molecule has 0 aliphatic heterocycles. The molecule has 0 saturated heterocycles. The van der Waals surface area contributed by atoms with Gasteiger partial charge in [0.1, 0.15) is 5.75 Å². The zero-order chi connectivity index (χ0) is 22.6. The van der Waals surface area contributed by atoms with Crippen LogP contribution in [0.1, 0.15) is 16.7 Å². The molecule has 0 aliphatic rings. The van der Waals surface area contributed by atoms with Gasteiger partial charge in [0, 0.05) is 5.69 Å². The molecule has 158 valence electrons. The van der Waals surface area contributed by atoms with Gasteiger partial charge in [-0.05, 0) is 72.5 Å². The fourth-order valence-corrected chi connectivity index (χ4v) is 3.56. The number of carbonyl (C=O) groups excluding carboxylic acids is 1. The monoisotopic (exact) mass is 435 g/mol. The molecule has 3 rings (SSSR count). The summed E-state index contributed by atoms with van der Waals surface area (Å²) in [6.45, 7) is 3.28. The summed E-state index contributed by atoms with van der Waals surface area (Å²) in [5.74, 6) is 0.0870. The third kappa shape index (κ3) is 5.48. The van der Waals surface area contributed by atoms with Crippen LogP contribution in [0.5, 0.6) is 5.75 Å². The summed E-state index contributed by atoms with van der Waals surface area (Å²) in [6, 6.07) is 19.3. The van der Waals surface area contributed by atoms with Crippen LogP contribution in [-0.4, -0.2) is 20.9 Å². The highest BCUT2D eigenvalue weighted by Gasteiger charge is 2.14. The molecular formula is C23H21N3O4S. The second kappa shape index (κ2) is 9.00. The lowest BCUT2D eigenvalue weighted by molar-refractivity contribution is -0.118. The van der Waals surface area contributed by atoms with Crippen molar-refractivity contribution < 1.29 is 17.9 Å². The summed E-state index contributed by atoms with van der Waals surface area (Å²) >= 11 is 0. The zero-order valence-corrected chi connectivity index (χ0v) is 17.9. The van der Waals surface area contributed by atoms with Gasteiger partial charge in [0.25, 0.3) is 5.91 Å². The third-order valence-corrected chi connectivity index (χ3v) is 5.71. The van der Waals surface area contributed by atoms with E-state index in [2.05, 4.69) is 11.4 Å². The maximum Gasteiger partial charge on any atom is 0.262 e. The van der Waals surface area contributed by atoms with E-state index < -0.39 is 15.9 Å². The highest BCUT2D eigenvalue weighted by Crippen LogP contribution is 2.24. The molecule has 8 heteroatoms. The SMILES string of the molecule is Cc1cc(S(N)(=O)=O)cc(NC(=O)COc2ccc(-c3ccc(C#N)cc3)cc2)c1C. The van der Waals surface area contributed by atoms with Crippen molar-refractivity contribution in [2.24, 2.45) is 5.14 Å². The lowest BCUT2D eigenvalue weighted by Gasteiger charge is -2.13. The number of nitrogens with zero attached hydrogens (tertiary/aromatic N) is 1. The largest absolute Gasteiger partial charge is 0.484 e. The molecule has 0 aliphatic carbocycles. The Morgan fingerprint density at radius 2 is 1.61 bits per heavy atom. The molecule has 3 N–H and O–H groups in total. The average Bonchev–Trinajstić information content (AvgIpc) is 2.75. The quantitative estimate of drug-likeness (QED) is 0.613. The van der Waals surface area contributed by atoms with E-state index in [9.17, 15) is 13.2 Å². The van der Waals surface area contributed by atoms with Gasteiger partial charge in [-0.25, -0.2) is 13.6 Å². The average molecular weight is 436 g/mol. The fraction of sp³-hybridized carbons (Fsp3) is 0.130. The highest BCUT2D eigenvalue weighted by molar-refractivity contribution is 7.89. The molecule has 0 bridgehead atoms. The Hall–Kier alpha value is -3.67. The normalized spacial score (nSPS) is 10.9. The van der Waals surface area contributed by atoms with Crippen LogP contribution in [-0.2, 0) is 14.8 Å². The van der Waals surface area contributed by atoms with Crippen LogP contribution in [0, 0.1) is 25.2 Å². The summed E-state index contributed by atoms with van der Waals surface area (Å²) in [4.78, 5) is 12.3. The van der Waals surface area contributed by atoms with Crippen LogP contribution >= 0.6 is 0 Å². The molecule has 0 heterocycles. The molecule has 0 atom stereocenters. The number of hydrogen-bond donors (Lipinski definition) is 2. The van der Waals surface area contributed by atoms with E-state index in [0.717, 1.165) is 16.7 Å². The number of ether oxygens (including phenoxy) is 1. The summed E-state index contributed by atoms with van der Waals surface area (Å²) in [6.07, 6.45) is 0. The molecule has 31 heavy (non-hydrogen) atoms. The van der Waals surface area contributed by atoms with E-state index in [-0.39, 0.29) is 11.5 Å². The lowest BCUT2D eigenvalue weighted by atomic mass is 10.0. The van der Waals surface area contributed by atoms with Gasteiger partial charge < -0.3 is 10.1 Å². The first-order valence-corrected chi connectivity index (χ1v) is 10.9. The molecule has 0 radical (unpaired) electrons. The fourth-order valence-electron chi connectivity index (χ4n) is 2.94. The van der Waals surface area contributed by atoms with Crippen LogP contribution in [0.2, 0.25) is 0 Å². The van der Waals surface area contributed by atoms with E-state index in [1.165, 1.54) is 12.1 Å². The van der Waals surface area contributed by atoms with E-state index in [4.69, 9.17) is 15.1 Å². The van der Waals surface area contributed by atoms with Crippen molar-refractivity contribution in [3.05, 3.63) is 77.4 Å². The van der Waals surface area contributed by atoms with Gasteiger partial charge in [0.05, 0.1) is 16.5 Å². The van der Waals surface area contributed by atoms with Crippen molar-refractivity contribution in [2.45, 2.75) is 18.7 Å². The number of anilines is 1. The number of nitrogens with one attached hydrogen (secondary N) is 1. The van der Waals surface area contributed by atoms with Gasteiger partial charge in [0.15, 0.2) is 6.61 Å². The Morgan fingerprint density at radius 1 is 1.03 bits per heavy atom. The highest BCUT2D eigenvalue weighted by atomic mass is 32.2. The van der Waals surface area contributed by atoms with Gasteiger partial charge in [0.2, 0.25) is 10.0 Å². The molecule has 3 aromatic rings. The third-order valence-electron chi connectivity index (χ3n) is 4.82. The number of carbonyl (C=O) groups is 1. The minimum Gasteiger partial charge on any atom is -0.484 e. The minimum absolute atomic E-state index is 0.0646. The van der Waals surface area contributed by atoms with Crippen LogP contribution in [0.3, 0.4) is 0 Å². The van der Waals surface area contributed by atoms with E-state index in [0.29, 0.717) is 22.6 Å². The molecule has 7 nitrogen and oxygen atoms in total. The lowest BCUT2D eigenvalue weighted by Crippen LogP contribution is -2.21. The van der Waals surface area contributed by atoms with Crippen molar-refractivity contribution in [1.82, 2.24) is 0 Å². The number of nitriles is 1. The predicted molar refractivity (Wildman–Crippen MR) is 118 cm³/mol. The first-order chi connectivity index (χ1) is 14.7. The van der Waals surface area contributed by atoms with Crippen molar-refractivity contribution in [3.63, 3.8) is 0 Å². The minimum atomic E-state index is -3.89. The molecule has 0 fully saturated rings. The molecule has 3 aromatic carbocycles. The Morgan fingerprint density at radius 3 is 2.16 bits per heavy atom. The Labute approximate surface area is 181 Å². The maximum absolute atomic E-state index is 12.3. The summed E-state index contributed by atoms with van der Waals surface area (Å²) in [5.41, 5.74) is 4.31. The van der Waals surface area contributed by atoms with Gasteiger partial charge in [-0.1, -0.05) is 24.3 Å². The van der Waals surface area contributed by atoms with Crippen molar-refractivity contribution >= 4 is 21.6 Å². The van der Waals surface area contributed by atoms with E-state index >= 15 is 0 Å². The maximum atomic E-state index is 12.3. The number of hydrogen-bond acceptors (Lipinski definition) is 5. The first-order valence-electron chi connectivity index (χ1n) is 9.34. The van der Waals surface area contributed by atoms with Crippen LogP contribution in [0.15, 0.2) is 65.6 Å². The smallest absolute Gasteiger partial charge is 0.262 e. The number of nitrogens with two attached hydrogens (primary N) is 1. The molecular weight excluding hydrogens is 414 g/mol. The molecule has 0 unspecified atom stereocenters.